The van der Waals surface area contributed by atoms with E-state index in [2.05, 4.69) is 15.5 Å². The van der Waals surface area contributed by atoms with Gasteiger partial charge in [0.25, 0.3) is 0 Å². The number of thioether (sulfide) groups is 1. The SMILES string of the molecule is COCCOc1ccc(C=NN=C2NC(=O)CS2)cc1. The van der Waals surface area contributed by atoms with Gasteiger partial charge in [-0.05, 0) is 29.8 Å². The quantitative estimate of drug-likeness (QED) is 0.487. The first-order chi connectivity index (χ1) is 9.78. The van der Waals surface area contributed by atoms with Crippen molar-refractivity contribution in [2.24, 2.45) is 10.2 Å². The van der Waals surface area contributed by atoms with Gasteiger partial charge in [-0.1, -0.05) is 11.8 Å². The third-order valence-corrected chi connectivity index (χ3v) is 3.24. The number of hydrogen-bond acceptors (Lipinski definition) is 6. The molecule has 1 N–H and O–H groups in total. The van der Waals surface area contributed by atoms with Crippen LogP contribution >= 0.6 is 11.8 Å². The Morgan fingerprint density at radius 1 is 1.35 bits per heavy atom. The number of hydrogen-bond donors (Lipinski definition) is 1. The number of rotatable bonds is 6. The van der Waals surface area contributed by atoms with E-state index in [1.54, 1.807) is 13.3 Å². The number of nitrogens with zero attached hydrogens (tertiary/aromatic N) is 2. The number of carbonyl (C=O) groups excluding carboxylic acids is 1. The zero-order valence-corrected chi connectivity index (χ0v) is 11.9. The Labute approximate surface area is 121 Å². The smallest absolute Gasteiger partial charge is 0.236 e. The van der Waals surface area contributed by atoms with E-state index in [-0.39, 0.29) is 5.91 Å². The topological polar surface area (TPSA) is 72.3 Å². The van der Waals surface area contributed by atoms with Gasteiger partial charge in [0.05, 0.1) is 18.6 Å². The molecule has 1 fully saturated rings. The highest BCUT2D eigenvalue weighted by Gasteiger charge is 2.15. The van der Waals surface area contributed by atoms with Crippen LogP contribution in [-0.2, 0) is 9.53 Å². The molecule has 1 aromatic rings. The molecule has 6 nitrogen and oxygen atoms in total. The molecule has 0 radical (unpaired) electrons. The van der Waals surface area contributed by atoms with Crippen molar-refractivity contribution in [1.82, 2.24) is 5.32 Å². The lowest BCUT2D eigenvalue weighted by Gasteiger charge is -2.04. The van der Waals surface area contributed by atoms with Crippen LogP contribution in [0.4, 0.5) is 0 Å². The van der Waals surface area contributed by atoms with Crippen molar-refractivity contribution in [2.45, 2.75) is 0 Å². The summed E-state index contributed by atoms with van der Waals surface area (Å²) in [7, 11) is 1.63. The lowest BCUT2D eigenvalue weighted by atomic mass is 10.2. The predicted octanol–water partition coefficient (Wildman–Crippen LogP) is 1.26. The Morgan fingerprint density at radius 2 is 2.15 bits per heavy atom. The summed E-state index contributed by atoms with van der Waals surface area (Å²) in [5, 5.41) is 11.0. The van der Waals surface area contributed by atoms with Gasteiger partial charge >= 0.3 is 0 Å². The van der Waals surface area contributed by atoms with Crippen molar-refractivity contribution in [2.75, 3.05) is 26.1 Å². The molecule has 1 aliphatic rings. The first kappa shape index (κ1) is 14.5. The number of methoxy groups -OCH3 is 1. The molecule has 1 aliphatic heterocycles. The summed E-state index contributed by atoms with van der Waals surface area (Å²) in [6, 6.07) is 7.48. The predicted molar refractivity (Wildman–Crippen MR) is 79.4 cm³/mol. The zero-order chi connectivity index (χ0) is 14.2. The lowest BCUT2D eigenvalue weighted by Crippen LogP contribution is -2.19. The Balaban J connectivity index is 1.85. The maximum Gasteiger partial charge on any atom is 0.236 e. The molecule has 0 atom stereocenters. The summed E-state index contributed by atoms with van der Waals surface area (Å²) in [6.45, 7) is 1.08. The fraction of sp³-hybridized carbons (Fsp3) is 0.308. The molecular weight excluding hydrogens is 278 g/mol. The molecule has 0 aliphatic carbocycles. The van der Waals surface area contributed by atoms with E-state index in [0.29, 0.717) is 24.1 Å². The van der Waals surface area contributed by atoms with Crippen LogP contribution in [0.3, 0.4) is 0 Å². The van der Waals surface area contributed by atoms with Gasteiger partial charge in [-0.25, -0.2) is 0 Å². The monoisotopic (exact) mass is 293 g/mol. The number of benzene rings is 1. The van der Waals surface area contributed by atoms with Gasteiger partial charge in [-0.3, -0.25) is 4.79 Å². The zero-order valence-electron chi connectivity index (χ0n) is 11.0. The summed E-state index contributed by atoms with van der Waals surface area (Å²) in [5.41, 5.74) is 0.905. The first-order valence-electron chi connectivity index (χ1n) is 6.03. The molecule has 1 saturated heterocycles. The fourth-order valence-electron chi connectivity index (χ4n) is 1.42. The summed E-state index contributed by atoms with van der Waals surface area (Å²) in [6.07, 6.45) is 1.62. The molecule has 2 rings (SSSR count). The van der Waals surface area contributed by atoms with Crippen LogP contribution in [0.1, 0.15) is 5.56 Å². The van der Waals surface area contributed by atoms with Crippen LogP contribution in [-0.4, -0.2) is 43.4 Å². The molecule has 1 heterocycles. The Bertz CT molecular complexity index is 514. The van der Waals surface area contributed by atoms with Gasteiger partial charge in [0, 0.05) is 7.11 Å². The number of amides is 1. The maximum atomic E-state index is 10.9. The summed E-state index contributed by atoms with van der Waals surface area (Å²) < 4.78 is 10.4. The molecule has 0 saturated carbocycles. The molecule has 20 heavy (non-hydrogen) atoms. The Kier molecular flexibility index (Phi) is 5.57. The minimum absolute atomic E-state index is 0.0403. The van der Waals surface area contributed by atoms with Crippen LogP contribution in [0.15, 0.2) is 34.5 Å². The summed E-state index contributed by atoms with van der Waals surface area (Å²) in [4.78, 5) is 10.9. The molecule has 7 heteroatoms. The van der Waals surface area contributed by atoms with E-state index >= 15 is 0 Å². The highest BCUT2D eigenvalue weighted by Crippen LogP contribution is 2.11. The lowest BCUT2D eigenvalue weighted by molar-refractivity contribution is -0.116. The second-order valence-electron chi connectivity index (χ2n) is 3.90. The molecule has 0 aromatic heterocycles. The maximum absolute atomic E-state index is 10.9. The minimum atomic E-state index is -0.0403. The van der Waals surface area contributed by atoms with Crippen molar-refractivity contribution in [3.05, 3.63) is 29.8 Å². The highest BCUT2D eigenvalue weighted by atomic mass is 32.2. The summed E-state index contributed by atoms with van der Waals surface area (Å²) in [5.74, 6) is 1.15. The number of amidine groups is 1. The molecule has 1 aromatic carbocycles. The minimum Gasteiger partial charge on any atom is -0.491 e. The van der Waals surface area contributed by atoms with Crippen molar-refractivity contribution in [3.63, 3.8) is 0 Å². The average molecular weight is 293 g/mol. The Morgan fingerprint density at radius 3 is 2.80 bits per heavy atom. The van der Waals surface area contributed by atoms with Crippen LogP contribution in [0, 0.1) is 0 Å². The van der Waals surface area contributed by atoms with Crippen molar-refractivity contribution < 1.29 is 14.3 Å². The molecule has 1 amide bonds. The van der Waals surface area contributed by atoms with Crippen molar-refractivity contribution >= 4 is 29.1 Å². The van der Waals surface area contributed by atoms with Crippen LogP contribution in [0.2, 0.25) is 0 Å². The van der Waals surface area contributed by atoms with Crippen LogP contribution in [0.5, 0.6) is 5.75 Å². The summed E-state index contributed by atoms with van der Waals surface area (Å²) >= 11 is 1.34. The molecule has 106 valence electrons. The van der Waals surface area contributed by atoms with Gasteiger partial charge in [0.2, 0.25) is 5.91 Å². The van der Waals surface area contributed by atoms with Crippen LogP contribution in [0.25, 0.3) is 0 Å². The second kappa shape index (κ2) is 7.66. The molecule has 0 spiro atoms. The average Bonchev–Trinajstić information content (AvgIpc) is 2.87. The largest absolute Gasteiger partial charge is 0.491 e. The van der Waals surface area contributed by atoms with Gasteiger partial charge in [-0.15, -0.1) is 5.10 Å². The van der Waals surface area contributed by atoms with Crippen LogP contribution < -0.4 is 10.1 Å². The number of nitrogens with one attached hydrogen (secondary N) is 1. The number of ether oxygens (including phenoxy) is 2. The van der Waals surface area contributed by atoms with E-state index in [4.69, 9.17) is 9.47 Å². The van der Waals surface area contributed by atoms with E-state index in [0.717, 1.165) is 11.3 Å². The second-order valence-corrected chi connectivity index (χ2v) is 4.86. The molecular formula is C13H15N3O3S. The van der Waals surface area contributed by atoms with E-state index < -0.39 is 0 Å². The standard InChI is InChI=1S/C13H15N3O3S/c1-18-6-7-19-11-4-2-10(3-5-11)8-14-16-13-15-12(17)9-20-13/h2-5,8H,6-7,9H2,1H3,(H,15,16,17). The Hall–Kier alpha value is -1.86. The fourth-order valence-corrected chi connectivity index (χ4v) is 2.05. The van der Waals surface area contributed by atoms with Gasteiger partial charge in [0.15, 0.2) is 5.17 Å². The molecule has 0 unspecified atom stereocenters. The van der Waals surface area contributed by atoms with Gasteiger partial charge in [-0.2, -0.15) is 5.10 Å². The van der Waals surface area contributed by atoms with E-state index in [9.17, 15) is 4.79 Å². The van der Waals surface area contributed by atoms with Crippen molar-refractivity contribution in [3.8, 4) is 5.75 Å². The normalized spacial score (nSPS) is 16.9. The third kappa shape index (κ3) is 4.67. The molecule has 0 bridgehead atoms. The van der Waals surface area contributed by atoms with E-state index in [1.807, 2.05) is 24.3 Å². The van der Waals surface area contributed by atoms with Crippen molar-refractivity contribution in [1.29, 1.82) is 0 Å². The highest BCUT2D eigenvalue weighted by molar-refractivity contribution is 8.15. The first-order valence-corrected chi connectivity index (χ1v) is 7.02. The van der Waals surface area contributed by atoms with Gasteiger partial charge in [0.1, 0.15) is 12.4 Å². The third-order valence-electron chi connectivity index (χ3n) is 2.38. The van der Waals surface area contributed by atoms with E-state index in [1.165, 1.54) is 11.8 Å². The number of carbonyl (C=O) groups is 1. The van der Waals surface area contributed by atoms with Gasteiger partial charge < -0.3 is 14.8 Å².